The lowest BCUT2D eigenvalue weighted by molar-refractivity contribution is -0.142. The van der Waals surface area contributed by atoms with Gasteiger partial charge in [-0.05, 0) is 39.2 Å². The van der Waals surface area contributed by atoms with Gasteiger partial charge < -0.3 is 15.2 Å². The minimum Gasteiger partial charge on any atom is -0.480 e. The molecule has 0 spiro atoms. The van der Waals surface area contributed by atoms with Gasteiger partial charge in [0.05, 0.1) is 0 Å². The van der Waals surface area contributed by atoms with E-state index >= 15 is 0 Å². The standard InChI is InChI=1S/C20H28N2O5/c1-20(2,3)27-19(26)22-13-15(12-16(22)18(24)25)21-17(23)11-7-10-14-8-5-4-6-9-14/h4-6,8-9,15-16H,7,10-13H2,1-3H3,(H,21,23)(H,24,25)/t15?,16-/m0/s1. The quantitative estimate of drug-likeness (QED) is 0.796. The van der Waals surface area contributed by atoms with Crippen molar-refractivity contribution in [2.24, 2.45) is 0 Å². The van der Waals surface area contributed by atoms with Crippen molar-refractivity contribution in [3.05, 3.63) is 35.9 Å². The van der Waals surface area contributed by atoms with E-state index in [1.165, 1.54) is 10.5 Å². The van der Waals surface area contributed by atoms with Crippen LogP contribution in [0.25, 0.3) is 0 Å². The van der Waals surface area contributed by atoms with Crippen molar-refractivity contribution < 1.29 is 24.2 Å². The number of aliphatic carboxylic acids is 1. The van der Waals surface area contributed by atoms with Crippen molar-refractivity contribution in [3.63, 3.8) is 0 Å². The third kappa shape index (κ3) is 6.58. The van der Waals surface area contributed by atoms with Gasteiger partial charge in [-0.1, -0.05) is 30.3 Å². The summed E-state index contributed by atoms with van der Waals surface area (Å²) in [5.41, 5.74) is 0.465. The number of carboxylic acids is 1. The molecule has 7 nitrogen and oxygen atoms in total. The SMILES string of the molecule is CC(C)(C)OC(=O)N1CC(NC(=O)CCCc2ccccc2)C[C@H]1C(=O)O. The van der Waals surface area contributed by atoms with Gasteiger partial charge in [-0.2, -0.15) is 0 Å². The summed E-state index contributed by atoms with van der Waals surface area (Å²) in [6.45, 7) is 5.31. The lowest BCUT2D eigenvalue weighted by Gasteiger charge is -2.26. The zero-order valence-electron chi connectivity index (χ0n) is 16.1. The summed E-state index contributed by atoms with van der Waals surface area (Å²) in [4.78, 5) is 37.1. The first-order chi connectivity index (χ1) is 12.7. The lowest BCUT2D eigenvalue weighted by atomic mass is 10.1. The van der Waals surface area contributed by atoms with Gasteiger partial charge in [0.2, 0.25) is 5.91 Å². The fourth-order valence-corrected chi connectivity index (χ4v) is 3.09. The van der Waals surface area contributed by atoms with Crippen LogP contribution in [0.5, 0.6) is 0 Å². The molecule has 2 rings (SSSR count). The van der Waals surface area contributed by atoms with Crippen LogP contribution in [-0.4, -0.2) is 52.2 Å². The second-order valence-electron chi connectivity index (χ2n) is 7.83. The van der Waals surface area contributed by atoms with E-state index in [-0.39, 0.29) is 24.9 Å². The monoisotopic (exact) mass is 376 g/mol. The van der Waals surface area contributed by atoms with Crippen LogP contribution < -0.4 is 5.32 Å². The van der Waals surface area contributed by atoms with Crippen LogP contribution in [0.2, 0.25) is 0 Å². The molecule has 2 amide bonds. The van der Waals surface area contributed by atoms with Crippen LogP contribution in [0, 0.1) is 0 Å². The molecule has 2 N–H and O–H groups in total. The Morgan fingerprint density at radius 2 is 1.89 bits per heavy atom. The number of ether oxygens (including phenoxy) is 1. The first kappa shape index (κ1) is 20.7. The molecule has 1 heterocycles. The number of likely N-dealkylation sites (tertiary alicyclic amines) is 1. The molecule has 1 unspecified atom stereocenters. The minimum absolute atomic E-state index is 0.133. The molecule has 1 saturated heterocycles. The largest absolute Gasteiger partial charge is 0.480 e. The highest BCUT2D eigenvalue weighted by Gasteiger charge is 2.42. The van der Waals surface area contributed by atoms with E-state index in [0.717, 1.165) is 6.42 Å². The highest BCUT2D eigenvalue weighted by molar-refractivity contribution is 5.82. The molecule has 1 aliphatic rings. The minimum atomic E-state index is -1.10. The van der Waals surface area contributed by atoms with E-state index in [4.69, 9.17) is 4.74 Å². The van der Waals surface area contributed by atoms with Gasteiger partial charge in [0.25, 0.3) is 0 Å². The van der Waals surface area contributed by atoms with Crippen molar-refractivity contribution in [2.75, 3.05) is 6.54 Å². The third-order valence-corrected chi connectivity index (χ3v) is 4.29. The van der Waals surface area contributed by atoms with E-state index < -0.39 is 23.7 Å². The molecule has 0 saturated carbocycles. The Morgan fingerprint density at radius 1 is 1.22 bits per heavy atom. The molecular formula is C20H28N2O5. The second-order valence-corrected chi connectivity index (χ2v) is 7.83. The molecule has 1 aromatic rings. The first-order valence-corrected chi connectivity index (χ1v) is 9.21. The van der Waals surface area contributed by atoms with Gasteiger partial charge in [-0.25, -0.2) is 9.59 Å². The fourth-order valence-electron chi connectivity index (χ4n) is 3.09. The molecule has 7 heteroatoms. The maximum absolute atomic E-state index is 12.3. The van der Waals surface area contributed by atoms with Gasteiger partial charge in [-0.3, -0.25) is 9.69 Å². The summed E-state index contributed by atoms with van der Waals surface area (Å²) in [7, 11) is 0. The van der Waals surface area contributed by atoms with Crippen LogP contribution in [-0.2, 0) is 20.7 Å². The van der Waals surface area contributed by atoms with Gasteiger partial charge in [0, 0.05) is 25.4 Å². The number of aryl methyl sites for hydroxylation is 1. The van der Waals surface area contributed by atoms with E-state index in [1.807, 2.05) is 30.3 Å². The molecule has 1 aromatic carbocycles. The predicted octanol–water partition coefficient (Wildman–Crippen LogP) is 2.59. The average Bonchev–Trinajstić information content (AvgIpc) is 2.98. The zero-order valence-corrected chi connectivity index (χ0v) is 16.1. The predicted molar refractivity (Wildman–Crippen MR) is 100 cm³/mol. The van der Waals surface area contributed by atoms with Crippen LogP contribution in [0.1, 0.15) is 45.6 Å². The Bertz CT molecular complexity index is 669. The van der Waals surface area contributed by atoms with E-state index in [1.54, 1.807) is 20.8 Å². The van der Waals surface area contributed by atoms with Crippen LogP contribution in [0.4, 0.5) is 4.79 Å². The number of carbonyl (C=O) groups is 3. The summed E-state index contributed by atoms with van der Waals surface area (Å²) < 4.78 is 5.28. The number of rotatable bonds is 6. The van der Waals surface area contributed by atoms with Crippen molar-refractivity contribution >= 4 is 18.0 Å². The smallest absolute Gasteiger partial charge is 0.411 e. The summed E-state index contributed by atoms with van der Waals surface area (Å²) in [6.07, 6.45) is 1.38. The number of amides is 2. The molecule has 148 valence electrons. The van der Waals surface area contributed by atoms with Gasteiger partial charge in [0.15, 0.2) is 0 Å². The highest BCUT2D eigenvalue weighted by Crippen LogP contribution is 2.22. The number of benzene rings is 1. The number of nitrogens with zero attached hydrogens (tertiary/aromatic N) is 1. The molecule has 0 bridgehead atoms. The normalized spacial score (nSPS) is 19.6. The van der Waals surface area contributed by atoms with Crippen molar-refractivity contribution in [1.29, 1.82) is 0 Å². The average molecular weight is 376 g/mol. The van der Waals surface area contributed by atoms with Crippen LogP contribution >= 0.6 is 0 Å². The molecule has 0 radical (unpaired) electrons. The molecule has 2 atom stereocenters. The first-order valence-electron chi connectivity index (χ1n) is 9.21. The second kappa shape index (κ2) is 8.88. The lowest BCUT2D eigenvalue weighted by Crippen LogP contribution is -2.44. The molecule has 1 fully saturated rings. The Balaban J connectivity index is 1.84. The Labute approximate surface area is 159 Å². The maximum Gasteiger partial charge on any atom is 0.411 e. The van der Waals surface area contributed by atoms with Gasteiger partial charge in [-0.15, -0.1) is 0 Å². The fraction of sp³-hybridized carbons (Fsp3) is 0.550. The number of carbonyl (C=O) groups excluding carboxylic acids is 2. The molecule has 27 heavy (non-hydrogen) atoms. The third-order valence-electron chi connectivity index (χ3n) is 4.29. The van der Waals surface area contributed by atoms with Gasteiger partial charge in [0.1, 0.15) is 11.6 Å². The topological polar surface area (TPSA) is 95.9 Å². The molecule has 0 aliphatic carbocycles. The number of nitrogens with one attached hydrogen (secondary N) is 1. The summed E-state index contributed by atoms with van der Waals surface area (Å²) in [6, 6.07) is 8.54. The number of carboxylic acid groups (broad SMARTS) is 1. The van der Waals surface area contributed by atoms with Crippen molar-refractivity contribution in [3.8, 4) is 0 Å². The summed E-state index contributed by atoms with van der Waals surface area (Å²) in [5.74, 6) is -1.23. The van der Waals surface area contributed by atoms with E-state index in [9.17, 15) is 19.5 Å². The summed E-state index contributed by atoms with van der Waals surface area (Å²) >= 11 is 0. The summed E-state index contributed by atoms with van der Waals surface area (Å²) in [5, 5.41) is 12.2. The van der Waals surface area contributed by atoms with E-state index in [0.29, 0.717) is 12.8 Å². The Kier molecular flexibility index (Phi) is 6.82. The maximum atomic E-state index is 12.3. The van der Waals surface area contributed by atoms with Gasteiger partial charge >= 0.3 is 12.1 Å². The molecule has 0 aromatic heterocycles. The van der Waals surface area contributed by atoms with Crippen LogP contribution in [0.3, 0.4) is 0 Å². The number of hydrogen-bond acceptors (Lipinski definition) is 4. The van der Waals surface area contributed by atoms with Crippen molar-refractivity contribution in [2.45, 2.75) is 64.1 Å². The zero-order chi connectivity index (χ0) is 20.0. The van der Waals surface area contributed by atoms with Crippen molar-refractivity contribution in [1.82, 2.24) is 10.2 Å². The molecular weight excluding hydrogens is 348 g/mol. The Hall–Kier alpha value is -2.57. The van der Waals surface area contributed by atoms with Crippen LogP contribution in [0.15, 0.2) is 30.3 Å². The Morgan fingerprint density at radius 3 is 2.48 bits per heavy atom. The number of hydrogen-bond donors (Lipinski definition) is 2. The highest BCUT2D eigenvalue weighted by atomic mass is 16.6. The molecule has 1 aliphatic heterocycles. The van der Waals surface area contributed by atoms with E-state index in [2.05, 4.69) is 5.32 Å².